The normalized spacial score (nSPS) is 20.0. The number of carbonyl (C=O) groups is 2. The van der Waals surface area contributed by atoms with E-state index in [0.29, 0.717) is 17.9 Å². The number of nitrogens with zero attached hydrogens (tertiary/aromatic N) is 1. The number of rotatable bonds is 4. The Morgan fingerprint density at radius 3 is 2.38 bits per heavy atom. The Balaban J connectivity index is 1.88. The highest BCUT2D eigenvalue weighted by Crippen LogP contribution is 2.34. The van der Waals surface area contributed by atoms with Gasteiger partial charge in [-0.15, -0.1) is 0 Å². The Labute approximate surface area is 140 Å². The number of para-hydroxylation sites is 1. The van der Waals surface area contributed by atoms with Crippen LogP contribution in [0.3, 0.4) is 0 Å². The lowest BCUT2D eigenvalue weighted by atomic mass is 9.89. The molecule has 5 nitrogen and oxygen atoms in total. The molecule has 24 heavy (non-hydrogen) atoms. The lowest BCUT2D eigenvalue weighted by Gasteiger charge is -2.18. The molecule has 0 unspecified atom stereocenters. The van der Waals surface area contributed by atoms with Crippen LogP contribution in [-0.4, -0.2) is 42.1 Å². The number of carbonyl (C=O) groups excluding carboxylic acids is 1. The standard InChI is InChI=1S/C19H19NO4/c1-24-17-10-6-5-9-14(17)18(21)20-11-15(16(12-20)19(22)23)13-7-3-2-4-8-13/h2-10,15-16H,11-12H2,1H3,(H,22,23)/t15-,16-/m0/s1. The maximum Gasteiger partial charge on any atom is 0.308 e. The molecule has 1 heterocycles. The van der Waals surface area contributed by atoms with Gasteiger partial charge in [-0.2, -0.15) is 0 Å². The quantitative estimate of drug-likeness (QED) is 0.938. The first-order valence-electron chi connectivity index (χ1n) is 7.82. The maximum absolute atomic E-state index is 12.8. The van der Waals surface area contributed by atoms with Gasteiger partial charge >= 0.3 is 5.97 Å². The van der Waals surface area contributed by atoms with Crippen molar-refractivity contribution in [2.75, 3.05) is 20.2 Å². The van der Waals surface area contributed by atoms with Crippen LogP contribution < -0.4 is 4.74 Å². The first-order chi connectivity index (χ1) is 11.6. The highest BCUT2D eigenvalue weighted by molar-refractivity contribution is 5.97. The Kier molecular flexibility index (Phi) is 4.51. The molecule has 0 aromatic heterocycles. The summed E-state index contributed by atoms with van der Waals surface area (Å²) >= 11 is 0. The second-order valence-corrected chi connectivity index (χ2v) is 5.87. The van der Waals surface area contributed by atoms with Crippen molar-refractivity contribution in [3.05, 3.63) is 65.7 Å². The molecule has 3 rings (SSSR count). The molecule has 1 saturated heterocycles. The van der Waals surface area contributed by atoms with Gasteiger partial charge in [0.25, 0.3) is 5.91 Å². The second kappa shape index (κ2) is 6.74. The van der Waals surface area contributed by atoms with Crippen LogP contribution in [0.25, 0.3) is 0 Å². The summed E-state index contributed by atoms with van der Waals surface area (Å²) in [6.45, 7) is 0.587. The number of ether oxygens (including phenoxy) is 1. The predicted octanol–water partition coefficient (Wildman–Crippen LogP) is 2.64. The van der Waals surface area contributed by atoms with Gasteiger partial charge in [0.2, 0.25) is 0 Å². The molecule has 0 radical (unpaired) electrons. The maximum atomic E-state index is 12.8. The van der Waals surface area contributed by atoms with Crippen molar-refractivity contribution in [3.63, 3.8) is 0 Å². The number of likely N-dealkylation sites (tertiary alicyclic amines) is 1. The molecule has 2 aromatic rings. The fourth-order valence-corrected chi connectivity index (χ4v) is 3.25. The molecule has 0 bridgehead atoms. The number of methoxy groups -OCH3 is 1. The second-order valence-electron chi connectivity index (χ2n) is 5.87. The van der Waals surface area contributed by atoms with Crippen LogP contribution in [0.5, 0.6) is 5.75 Å². The van der Waals surface area contributed by atoms with Gasteiger partial charge in [0, 0.05) is 19.0 Å². The highest BCUT2D eigenvalue weighted by atomic mass is 16.5. The first kappa shape index (κ1) is 16.1. The molecular weight excluding hydrogens is 306 g/mol. The van der Waals surface area contributed by atoms with E-state index >= 15 is 0 Å². The molecular formula is C19H19NO4. The summed E-state index contributed by atoms with van der Waals surface area (Å²) in [6.07, 6.45) is 0. The third-order valence-electron chi connectivity index (χ3n) is 4.49. The van der Waals surface area contributed by atoms with Gasteiger partial charge in [0.15, 0.2) is 0 Å². The number of hydrogen-bond acceptors (Lipinski definition) is 3. The SMILES string of the molecule is COc1ccccc1C(=O)N1C[C@H](C(=O)O)[C@H](c2ccccc2)C1. The molecule has 2 atom stereocenters. The van der Waals surface area contributed by atoms with Crippen LogP contribution in [0.15, 0.2) is 54.6 Å². The third-order valence-corrected chi connectivity index (χ3v) is 4.49. The molecule has 1 amide bonds. The van der Waals surface area contributed by atoms with E-state index in [0.717, 1.165) is 5.56 Å². The Morgan fingerprint density at radius 1 is 1.04 bits per heavy atom. The number of benzene rings is 2. The minimum absolute atomic E-state index is 0.197. The van der Waals surface area contributed by atoms with Gasteiger partial charge < -0.3 is 14.7 Å². The lowest BCUT2D eigenvalue weighted by Crippen LogP contribution is -2.30. The van der Waals surface area contributed by atoms with Crippen LogP contribution in [0.1, 0.15) is 21.8 Å². The monoisotopic (exact) mass is 325 g/mol. The molecule has 1 aliphatic rings. The number of amides is 1. The van der Waals surface area contributed by atoms with Gasteiger partial charge in [-0.1, -0.05) is 42.5 Å². The highest BCUT2D eigenvalue weighted by Gasteiger charge is 2.41. The zero-order valence-corrected chi connectivity index (χ0v) is 13.4. The van der Waals surface area contributed by atoms with Crippen molar-refractivity contribution in [2.45, 2.75) is 5.92 Å². The molecule has 5 heteroatoms. The van der Waals surface area contributed by atoms with Crippen molar-refractivity contribution in [2.24, 2.45) is 5.92 Å². The summed E-state index contributed by atoms with van der Waals surface area (Å²) in [6, 6.07) is 16.5. The summed E-state index contributed by atoms with van der Waals surface area (Å²) < 4.78 is 5.25. The number of carboxylic acid groups (broad SMARTS) is 1. The minimum Gasteiger partial charge on any atom is -0.496 e. The topological polar surface area (TPSA) is 66.8 Å². The van der Waals surface area contributed by atoms with Gasteiger partial charge in [-0.05, 0) is 17.7 Å². The van der Waals surface area contributed by atoms with E-state index in [4.69, 9.17) is 4.74 Å². The van der Waals surface area contributed by atoms with Crippen LogP contribution in [0, 0.1) is 5.92 Å². The molecule has 2 aromatic carbocycles. The van der Waals surface area contributed by atoms with Crippen LogP contribution in [0.4, 0.5) is 0 Å². The summed E-state index contributed by atoms with van der Waals surface area (Å²) in [7, 11) is 1.52. The smallest absolute Gasteiger partial charge is 0.308 e. The van der Waals surface area contributed by atoms with E-state index in [9.17, 15) is 14.7 Å². The van der Waals surface area contributed by atoms with Gasteiger partial charge in [0.05, 0.1) is 18.6 Å². The fraction of sp³-hybridized carbons (Fsp3) is 0.263. The third kappa shape index (κ3) is 2.97. The number of aliphatic carboxylic acids is 1. The van der Waals surface area contributed by atoms with Crippen molar-refractivity contribution in [3.8, 4) is 5.75 Å². The van der Waals surface area contributed by atoms with Crippen molar-refractivity contribution < 1.29 is 19.4 Å². The van der Waals surface area contributed by atoms with Crippen LogP contribution in [-0.2, 0) is 4.79 Å². The van der Waals surface area contributed by atoms with Crippen molar-refractivity contribution in [1.29, 1.82) is 0 Å². The Hall–Kier alpha value is -2.82. The Morgan fingerprint density at radius 2 is 1.71 bits per heavy atom. The van der Waals surface area contributed by atoms with E-state index in [1.54, 1.807) is 29.2 Å². The molecule has 124 valence electrons. The Bertz CT molecular complexity index is 744. The zero-order chi connectivity index (χ0) is 17.1. The summed E-state index contributed by atoms with van der Waals surface area (Å²) in [4.78, 5) is 26.1. The molecule has 0 spiro atoms. The molecule has 1 N–H and O–H groups in total. The van der Waals surface area contributed by atoms with Gasteiger partial charge in [-0.3, -0.25) is 9.59 Å². The lowest BCUT2D eigenvalue weighted by molar-refractivity contribution is -0.141. The number of carboxylic acids is 1. The fourth-order valence-electron chi connectivity index (χ4n) is 3.25. The first-order valence-corrected chi connectivity index (χ1v) is 7.82. The average Bonchev–Trinajstić information content (AvgIpc) is 3.07. The van der Waals surface area contributed by atoms with Crippen LogP contribution >= 0.6 is 0 Å². The molecule has 1 fully saturated rings. The van der Waals surface area contributed by atoms with E-state index in [1.807, 2.05) is 30.3 Å². The molecule has 0 saturated carbocycles. The van der Waals surface area contributed by atoms with E-state index in [2.05, 4.69) is 0 Å². The predicted molar refractivity (Wildman–Crippen MR) is 89.2 cm³/mol. The van der Waals surface area contributed by atoms with E-state index < -0.39 is 11.9 Å². The van der Waals surface area contributed by atoms with E-state index in [1.165, 1.54) is 7.11 Å². The van der Waals surface area contributed by atoms with Crippen molar-refractivity contribution in [1.82, 2.24) is 4.90 Å². The largest absolute Gasteiger partial charge is 0.496 e. The molecule has 1 aliphatic heterocycles. The average molecular weight is 325 g/mol. The number of hydrogen-bond donors (Lipinski definition) is 1. The van der Waals surface area contributed by atoms with Crippen molar-refractivity contribution >= 4 is 11.9 Å². The molecule has 0 aliphatic carbocycles. The van der Waals surface area contributed by atoms with Gasteiger partial charge in [0.1, 0.15) is 5.75 Å². The van der Waals surface area contributed by atoms with E-state index in [-0.39, 0.29) is 18.4 Å². The summed E-state index contributed by atoms with van der Waals surface area (Å²) in [5.41, 5.74) is 1.40. The zero-order valence-electron chi connectivity index (χ0n) is 13.4. The summed E-state index contributed by atoms with van der Waals surface area (Å²) in [5, 5.41) is 9.55. The minimum atomic E-state index is -0.876. The van der Waals surface area contributed by atoms with Gasteiger partial charge in [-0.25, -0.2) is 0 Å². The van der Waals surface area contributed by atoms with Crippen LogP contribution in [0.2, 0.25) is 0 Å². The summed E-state index contributed by atoms with van der Waals surface area (Å²) in [5.74, 6) is -1.39.